The van der Waals surface area contributed by atoms with Gasteiger partial charge in [0.1, 0.15) is 11.5 Å². The molecule has 24 heavy (non-hydrogen) atoms. The lowest BCUT2D eigenvalue weighted by Gasteiger charge is -2.10. The fourth-order valence-electron chi connectivity index (χ4n) is 2.46. The molecule has 0 atom stereocenters. The molecule has 0 spiro atoms. The summed E-state index contributed by atoms with van der Waals surface area (Å²) in [5, 5.41) is 3.11. The predicted octanol–water partition coefficient (Wildman–Crippen LogP) is 3.37. The summed E-state index contributed by atoms with van der Waals surface area (Å²) in [6.07, 6.45) is 1.72. The van der Waals surface area contributed by atoms with E-state index in [4.69, 9.17) is 15.2 Å². The molecule has 128 valence electrons. The molecule has 0 aliphatic heterocycles. The summed E-state index contributed by atoms with van der Waals surface area (Å²) in [6.45, 7) is 2.69. The van der Waals surface area contributed by atoms with Gasteiger partial charge >= 0.3 is 0 Å². The van der Waals surface area contributed by atoms with Gasteiger partial charge in [-0.1, -0.05) is 12.1 Å². The van der Waals surface area contributed by atoms with Crippen molar-refractivity contribution in [2.45, 2.75) is 19.8 Å². The van der Waals surface area contributed by atoms with Crippen LogP contribution >= 0.6 is 0 Å². The van der Waals surface area contributed by atoms with E-state index in [2.05, 4.69) is 10.3 Å². The van der Waals surface area contributed by atoms with Gasteiger partial charge in [0.05, 0.1) is 14.2 Å². The van der Waals surface area contributed by atoms with E-state index in [1.165, 1.54) is 5.56 Å². The normalized spacial score (nSPS) is 11.2. The van der Waals surface area contributed by atoms with E-state index >= 15 is 0 Å². The monoisotopic (exact) mass is 327 g/mol. The molecule has 2 aromatic carbocycles. The third kappa shape index (κ3) is 5.19. The number of methoxy groups -OCH3 is 2. The minimum Gasteiger partial charge on any atom is -0.497 e. The van der Waals surface area contributed by atoms with Gasteiger partial charge in [-0.15, -0.1) is 0 Å². The molecule has 5 nitrogen and oxygen atoms in total. The van der Waals surface area contributed by atoms with E-state index in [1.54, 1.807) is 14.2 Å². The van der Waals surface area contributed by atoms with Crippen LogP contribution in [0.25, 0.3) is 0 Å². The Hall–Kier alpha value is -2.69. The van der Waals surface area contributed by atoms with Crippen molar-refractivity contribution in [3.05, 3.63) is 53.6 Å². The average molecular weight is 327 g/mol. The molecule has 2 aromatic rings. The summed E-state index contributed by atoms with van der Waals surface area (Å²) in [6, 6.07) is 13.8. The van der Waals surface area contributed by atoms with Crippen molar-refractivity contribution < 1.29 is 9.47 Å². The summed E-state index contributed by atoms with van der Waals surface area (Å²) in [4.78, 5) is 4.37. The Morgan fingerprint density at radius 2 is 1.96 bits per heavy atom. The Morgan fingerprint density at radius 3 is 2.67 bits per heavy atom. The molecule has 0 heterocycles. The van der Waals surface area contributed by atoms with Gasteiger partial charge in [-0.3, -0.25) is 4.99 Å². The van der Waals surface area contributed by atoms with Crippen molar-refractivity contribution in [2.24, 2.45) is 10.7 Å². The molecular weight excluding hydrogens is 302 g/mol. The predicted molar refractivity (Wildman–Crippen MR) is 99.2 cm³/mol. The summed E-state index contributed by atoms with van der Waals surface area (Å²) < 4.78 is 10.6. The maximum Gasteiger partial charge on any atom is 0.193 e. The van der Waals surface area contributed by atoms with Crippen molar-refractivity contribution in [1.82, 2.24) is 0 Å². The Balaban J connectivity index is 1.87. The third-order valence-electron chi connectivity index (χ3n) is 3.66. The number of hydrogen-bond donors (Lipinski definition) is 2. The molecule has 0 aromatic heterocycles. The van der Waals surface area contributed by atoms with Gasteiger partial charge in [0, 0.05) is 12.2 Å². The fraction of sp³-hybridized carbons (Fsp3) is 0.316. The fourth-order valence-corrected chi connectivity index (χ4v) is 2.46. The Kier molecular flexibility index (Phi) is 6.49. The molecule has 5 heteroatoms. The van der Waals surface area contributed by atoms with Gasteiger partial charge in [-0.25, -0.2) is 0 Å². The first-order chi connectivity index (χ1) is 11.6. The highest BCUT2D eigenvalue weighted by Crippen LogP contribution is 2.25. The van der Waals surface area contributed by atoms with Gasteiger partial charge in [-0.2, -0.15) is 0 Å². The highest BCUT2D eigenvalue weighted by Gasteiger charge is 2.05. The quantitative estimate of drug-likeness (QED) is 0.465. The molecule has 0 saturated carbocycles. The molecular formula is C19H25N3O2. The van der Waals surface area contributed by atoms with Crippen LogP contribution in [0.1, 0.15) is 17.5 Å². The van der Waals surface area contributed by atoms with Gasteiger partial charge in [0.25, 0.3) is 0 Å². The van der Waals surface area contributed by atoms with Crippen molar-refractivity contribution in [3.63, 3.8) is 0 Å². The number of hydrogen-bond acceptors (Lipinski definition) is 3. The number of anilines is 1. The minimum absolute atomic E-state index is 0.429. The van der Waals surface area contributed by atoms with Crippen LogP contribution in [0.5, 0.6) is 11.5 Å². The van der Waals surface area contributed by atoms with Crippen molar-refractivity contribution in [3.8, 4) is 11.5 Å². The lowest BCUT2D eigenvalue weighted by molar-refractivity contribution is 0.398. The second-order valence-electron chi connectivity index (χ2n) is 5.54. The lowest BCUT2D eigenvalue weighted by Crippen LogP contribution is -2.22. The molecule has 2 rings (SSSR count). The first-order valence-corrected chi connectivity index (χ1v) is 7.97. The molecule has 0 amide bonds. The highest BCUT2D eigenvalue weighted by atomic mass is 16.5. The highest BCUT2D eigenvalue weighted by molar-refractivity contribution is 5.92. The average Bonchev–Trinajstić information content (AvgIpc) is 2.58. The lowest BCUT2D eigenvalue weighted by atomic mass is 10.1. The van der Waals surface area contributed by atoms with Crippen LogP contribution in [-0.2, 0) is 6.42 Å². The Morgan fingerprint density at radius 1 is 1.12 bits per heavy atom. The van der Waals surface area contributed by atoms with Crippen LogP contribution in [0.15, 0.2) is 47.5 Å². The molecule has 3 N–H and O–H groups in total. The van der Waals surface area contributed by atoms with Gasteiger partial charge in [0.15, 0.2) is 5.96 Å². The van der Waals surface area contributed by atoms with Crippen LogP contribution < -0.4 is 20.5 Å². The van der Waals surface area contributed by atoms with Crippen molar-refractivity contribution >= 4 is 11.6 Å². The molecule has 0 aliphatic carbocycles. The molecule has 0 saturated heterocycles. The topological polar surface area (TPSA) is 68.9 Å². The standard InChI is InChI=1S/C19H25N3O2/c1-14-6-4-8-16(12-14)22-19(20)21-11-5-7-15-13-17(23-2)9-10-18(15)24-3/h4,6,8-10,12-13H,5,7,11H2,1-3H3,(H3,20,21,22). The Bertz CT molecular complexity index is 699. The van der Waals surface area contributed by atoms with E-state index < -0.39 is 0 Å². The number of benzene rings is 2. The van der Waals surface area contributed by atoms with E-state index in [-0.39, 0.29) is 0 Å². The van der Waals surface area contributed by atoms with Crippen molar-refractivity contribution in [1.29, 1.82) is 0 Å². The van der Waals surface area contributed by atoms with Crippen LogP contribution in [0, 0.1) is 6.92 Å². The molecule has 0 bridgehead atoms. The van der Waals surface area contributed by atoms with E-state index in [1.807, 2.05) is 49.4 Å². The van der Waals surface area contributed by atoms with Gasteiger partial charge in [-0.05, 0) is 61.2 Å². The Labute approximate surface area is 143 Å². The number of aryl methyl sites for hydroxylation is 2. The SMILES string of the molecule is COc1ccc(OC)c(CCCN=C(N)Nc2cccc(C)c2)c1. The van der Waals surface area contributed by atoms with E-state index in [9.17, 15) is 0 Å². The number of nitrogens with one attached hydrogen (secondary N) is 1. The largest absolute Gasteiger partial charge is 0.497 e. The van der Waals surface area contributed by atoms with Crippen LogP contribution in [0.4, 0.5) is 5.69 Å². The third-order valence-corrected chi connectivity index (χ3v) is 3.66. The zero-order valence-electron chi connectivity index (χ0n) is 14.5. The second kappa shape index (κ2) is 8.82. The molecule has 0 aliphatic rings. The van der Waals surface area contributed by atoms with Crippen LogP contribution in [0.3, 0.4) is 0 Å². The summed E-state index contributed by atoms with van der Waals surface area (Å²) >= 11 is 0. The van der Waals surface area contributed by atoms with Gasteiger partial charge in [0.2, 0.25) is 0 Å². The number of ether oxygens (including phenoxy) is 2. The van der Waals surface area contributed by atoms with Gasteiger partial charge < -0.3 is 20.5 Å². The molecule has 0 fully saturated rings. The number of nitrogens with zero attached hydrogens (tertiary/aromatic N) is 1. The minimum atomic E-state index is 0.429. The van der Waals surface area contributed by atoms with Crippen molar-refractivity contribution in [2.75, 3.05) is 26.1 Å². The number of rotatable bonds is 7. The maximum atomic E-state index is 5.93. The smallest absolute Gasteiger partial charge is 0.193 e. The zero-order chi connectivity index (χ0) is 17.4. The maximum absolute atomic E-state index is 5.93. The first kappa shape index (κ1) is 17.7. The summed E-state index contributed by atoms with van der Waals surface area (Å²) in [5.41, 5.74) is 9.17. The first-order valence-electron chi connectivity index (χ1n) is 7.97. The van der Waals surface area contributed by atoms with E-state index in [0.29, 0.717) is 12.5 Å². The van der Waals surface area contributed by atoms with Crippen LogP contribution in [0.2, 0.25) is 0 Å². The summed E-state index contributed by atoms with van der Waals surface area (Å²) in [5.74, 6) is 2.12. The van der Waals surface area contributed by atoms with E-state index in [0.717, 1.165) is 35.6 Å². The molecule has 0 radical (unpaired) electrons. The number of guanidine groups is 1. The molecule has 0 unspecified atom stereocenters. The second-order valence-corrected chi connectivity index (χ2v) is 5.54. The number of nitrogens with two attached hydrogens (primary N) is 1. The van der Waals surface area contributed by atoms with Crippen LogP contribution in [-0.4, -0.2) is 26.7 Å². The zero-order valence-corrected chi connectivity index (χ0v) is 14.5. The summed E-state index contributed by atoms with van der Waals surface area (Å²) in [7, 11) is 3.33. The number of aliphatic imine (C=N–C) groups is 1.